The van der Waals surface area contributed by atoms with E-state index in [1.807, 2.05) is 0 Å². The maximum absolute atomic E-state index is 12.6. The Morgan fingerprint density at radius 1 is 1.33 bits per heavy atom. The first-order chi connectivity index (χ1) is 11.2. The summed E-state index contributed by atoms with van der Waals surface area (Å²) in [5.74, 6) is 0. The SMILES string of the molecule is C=C(C)S(=O)(=O)c1cc2c(cc1-n1ccnc1)[nH]c(=O)c(=O)n2O. The van der Waals surface area contributed by atoms with Crippen LogP contribution in [0.5, 0.6) is 0 Å². The molecular weight excluding hydrogens is 336 g/mol. The Labute approximate surface area is 135 Å². The first kappa shape index (κ1) is 15.7. The summed E-state index contributed by atoms with van der Waals surface area (Å²) in [6.07, 6.45) is 4.36. The second-order valence-electron chi connectivity index (χ2n) is 5.08. The molecule has 0 spiro atoms. The van der Waals surface area contributed by atoms with Crippen molar-refractivity contribution in [3.63, 3.8) is 0 Å². The molecule has 0 amide bonds. The van der Waals surface area contributed by atoms with E-state index in [-0.39, 0.29) is 31.3 Å². The second-order valence-corrected chi connectivity index (χ2v) is 7.23. The molecule has 24 heavy (non-hydrogen) atoms. The van der Waals surface area contributed by atoms with Crippen LogP contribution in [0.25, 0.3) is 16.7 Å². The Morgan fingerprint density at radius 3 is 2.62 bits per heavy atom. The summed E-state index contributed by atoms with van der Waals surface area (Å²) in [5, 5.41) is 9.84. The van der Waals surface area contributed by atoms with Gasteiger partial charge in [-0.1, -0.05) is 6.58 Å². The lowest BCUT2D eigenvalue weighted by Gasteiger charge is -2.13. The highest BCUT2D eigenvalue weighted by Crippen LogP contribution is 2.28. The number of imidazole rings is 1. The molecule has 2 heterocycles. The smallest absolute Gasteiger partial charge is 0.348 e. The largest absolute Gasteiger partial charge is 0.425 e. The van der Waals surface area contributed by atoms with Gasteiger partial charge in [0.15, 0.2) is 0 Å². The number of aromatic nitrogens is 4. The molecule has 3 rings (SSSR count). The van der Waals surface area contributed by atoms with Crippen molar-refractivity contribution < 1.29 is 13.6 Å². The number of benzene rings is 1. The minimum Gasteiger partial charge on any atom is -0.425 e. The lowest BCUT2D eigenvalue weighted by atomic mass is 10.2. The fraction of sp³-hybridized carbons (Fsp3) is 0.0714. The summed E-state index contributed by atoms with van der Waals surface area (Å²) < 4.78 is 26.7. The quantitative estimate of drug-likeness (QED) is 0.522. The van der Waals surface area contributed by atoms with Crippen LogP contribution in [-0.4, -0.2) is 32.9 Å². The zero-order chi connectivity index (χ0) is 17.6. The van der Waals surface area contributed by atoms with Crippen LogP contribution in [0.1, 0.15) is 6.92 Å². The molecule has 0 fully saturated rings. The van der Waals surface area contributed by atoms with E-state index >= 15 is 0 Å². The van der Waals surface area contributed by atoms with Crippen molar-refractivity contribution in [1.29, 1.82) is 0 Å². The monoisotopic (exact) mass is 348 g/mol. The number of fused-ring (bicyclic) bond motifs is 1. The number of nitrogens with one attached hydrogen (secondary N) is 1. The summed E-state index contributed by atoms with van der Waals surface area (Å²) in [7, 11) is -3.93. The zero-order valence-corrected chi connectivity index (χ0v) is 13.2. The molecule has 9 nitrogen and oxygen atoms in total. The maximum Gasteiger partial charge on any atom is 0.348 e. The molecule has 0 saturated carbocycles. The highest BCUT2D eigenvalue weighted by molar-refractivity contribution is 7.95. The van der Waals surface area contributed by atoms with Gasteiger partial charge in [0.25, 0.3) is 0 Å². The van der Waals surface area contributed by atoms with Gasteiger partial charge in [-0.3, -0.25) is 9.59 Å². The number of aromatic amines is 1. The Kier molecular flexibility index (Phi) is 3.41. The normalized spacial score (nSPS) is 11.7. The maximum atomic E-state index is 12.6. The Bertz CT molecular complexity index is 1190. The summed E-state index contributed by atoms with van der Waals surface area (Å²) in [6.45, 7) is 4.79. The van der Waals surface area contributed by atoms with Crippen molar-refractivity contribution in [3.8, 4) is 5.69 Å². The molecule has 124 valence electrons. The summed E-state index contributed by atoms with van der Waals surface area (Å²) in [5.41, 5.74) is -2.11. The first-order valence-electron chi connectivity index (χ1n) is 6.65. The van der Waals surface area contributed by atoms with E-state index in [4.69, 9.17) is 0 Å². The van der Waals surface area contributed by atoms with Crippen LogP contribution in [0.2, 0.25) is 0 Å². The Balaban J connectivity index is 2.53. The van der Waals surface area contributed by atoms with Gasteiger partial charge in [0.1, 0.15) is 5.52 Å². The third-order valence-electron chi connectivity index (χ3n) is 3.47. The Hall–Kier alpha value is -3.14. The highest BCUT2D eigenvalue weighted by Gasteiger charge is 2.23. The lowest BCUT2D eigenvalue weighted by Crippen LogP contribution is -2.35. The van der Waals surface area contributed by atoms with Gasteiger partial charge in [-0.2, -0.15) is 0 Å². The van der Waals surface area contributed by atoms with Crippen LogP contribution in [0.4, 0.5) is 0 Å². The average Bonchev–Trinajstić information content (AvgIpc) is 3.05. The van der Waals surface area contributed by atoms with Crippen molar-refractivity contribution in [3.05, 3.63) is 63.0 Å². The van der Waals surface area contributed by atoms with E-state index in [0.29, 0.717) is 0 Å². The van der Waals surface area contributed by atoms with Gasteiger partial charge in [0, 0.05) is 17.3 Å². The van der Waals surface area contributed by atoms with E-state index in [2.05, 4.69) is 16.5 Å². The molecule has 0 atom stereocenters. The van der Waals surface area contributed by atoms with Gasteiger partial charge in [-0.05, 0) is 19.1 Å². The number of H-pyrrole nitrogens is 1. The van der Waals surface area contributed by atoms with E-state index in [9.17, 15) is 23.2 Å². The van der Waals surface area contributed by atoms with Crippen molar-refractivity contribution >= 4 is 20.9 Å². The Morgan fingerprint density at radius 2 is 2.04 bits per heavy atom. The van der Waals surface area contributed by atoms with Crippen molar-refractivity contribution in [2.24, 2.45) is 0 Å². The minimum atomic E-state index is -3.93. The van der Waals surface area contributed by atoms with Gasteiger partial charge >= 0.3 is 11.1 Å². The van der Waals surface area contributed by atoms with Gasteiger partial charge in [-0.25, -0.2) is 13.4 Å². The van der Waals surface area contributed by atoms with Crippen LogP contribution < -0.4 is 11.1 Å². The van der Waals surface area contributed by atoms with Crippen molar-refractivity contribution in [2.75, 3.05) is 0 Å². The predicted molar refractivity (Wildman–Crippen MR) is 85.1 cm³/mol. The molecule has 3 aromatic rings. The van der Waals surface area contributed by atoms with Crippen LogP contribution >= 0.6 is 0 Å². The van der Waals surface area contributed by atoms with Gasteiger partial charge in [-0.15, -0.1) is 4.73 Å². The van der Waals surface area contributed by atoms with E-state index in [1.54, 1.807) is 0 Å². The van der Waals surface area contributed by atoms with E-state index in [0.717, 1.165) is 6.07 Å². The summed E-state index contributed by atoms with van der Waals surface area (Å²) >= 11 is 0. The molecule has 0 aliphatic rings. The molecule has 0 bridgehead atoms. The standard InChI is InChI=1S/C14H12N4O5S/c1-8(2)24(22,23)12-6-10-9(16-13(19)14(20)18(10)21)5-11(12)17-4-3-15-7-17/h3-7,21H,1H2,2H3,(H,16,19). The van der Waals surface area contributed by atoms with Gasteiger partial charge in [0.05, 0.1) is 22.4 Å². The molecule has 0 radical (unpaired) electrons. The molecule has 2 N–H and O–H groups in total. The number of rotatable bonds is 3. The fourth-order valence-electron chi connectivity index (χ4n) is 2.22. The van der Waals surface area contributed by atoms with Gasteiger partial charge < -0.3 is 14.8 Å². The number of sulfone groups is 1. The molecule has 1 aromatic carbocycles. The lowest BCUT2D eigenvalue weighted by molar-refractivity contribution is 0.186. The molecular formula is C14H12N4O5S. The van der Waals surface area contributed by atoms with E-state index < -0.39 is 21.0 Å². The topological polar surface area (TPSA) is 127 Å². The summed E-state index contributed by atoms with van der Waals surface area (Å²) in [6, 6.07) is 2.44. The number of hydrogen-bond acceptors (Lipinski definition) is 6. The van der Waals surface area contributed by atoms with Crippen molar-refractivity contribution in [2.45, 2.75) is 11.8 Å². The highest BCUT2D eigenvalue weighted by atomic mass is 32.2. The number of nitrogens with zero attached hydrogens (tertiary/aromatic N) is 3. The third-order valence-corrected chi connectivity index (χ3v) is 5.29. The molecule has 0 aliphatic carbocycles. The molecule has 0 unspecified atom stereocenters. The third kappa shape index (κ3) is 2.24. The molecule has 2 aromatic heterocycles. The molecule has 10 heteroatoms. The van der Waals surface area contributed by atoms with Crippen LogP contribution in [0.15, 0.2) is 56.8 Å². The predicted octanol–water partition coefficient (Wildman–Crippen LogP) is 0.420. The number of allylic oxidation sites excluding steroid dienone is 1. The van der Waals surface area contributed by atoms with Crippen LogP contribution in [-0.2, 0) is 9.84 Å². The second kappa shape index (κ2) is 5.20. The first-order valence-corrected chi connectivity index (χ1v) is 8.13. The van der Waals surface area contributed by atoms with Gasteiger partial charge in [0.2, 0.25) is 9.84 Å². The molecule has 0 saturated heterocycles. The average molecular weight is 348 g/mol. The van der Waals surface area contributed by atoms with Crippen LogP contribution in [0, 0.1) is 0 Å². The van der Waals surface area contributed by atoms with Crippen LogP contribution in [0.3, 0.4) is 0 Å². The number of hydrogen-bond donors (Lipinski definition) is 2. The minimum absolute atomic E-state index is 0.0893. The molecule has 0 aliphatic heterocycles. The zero-order valence-electron chi connectivity index (χ0n) is 12.4. The van der Waals surface area contributed by atoms with E-state index in [1.165, 1.54) is 36.3 Å². The fourth-order valence-corrected chi connectivity index (χ4v) is 3.30. The van der Waals surface area contributed by atoms with Crippen molar-refractivity contribution in [1.82, 2.24) is 19.3 Å². The summed E-state index contributed by atoms with van der Waals surface area (Å²) in [4.78, 5) is 29.0.